The minimum Gasteiger partial charge on any atom is -0.316 e. The maximum Gasteiger partial charge on any atom is 0.0585 e. The van der Waals surface area contributed by atoms with E-state index in [1.165, 1.54) is 12.8 Å². The van der Waals surface area contributed by atoms with E-state index in [-0.39, 0.29) is 6.17 Å². The van der Waals surface area contributed by atoms with Gasteiger partial charge in [0.25, 0.3) is 0 Å². The van der Waals surface area contributed by atoms with Crippen LogP contribution in [0.5, 0.6) is 0 Å². The highest BCUT2D eigenvalue weighted by atomic mass is 14.9. The maximum absolute atomic E-state index is 5.49. The summed E-state index contributed by atoms with van der Waals surface area (Å²) in [5.74, 6) is 0.429. The fraction of sp³-hybridized carbons (Fsp3) is 0.714. The van der Waals surface area contributed by atoms with Crippen LogP contribution >= 0.6 is 0 Å². The Bertz CT molecular complexity index is 107. The molecule has 0 heterocycles. The fourth-order valence-corrected chi connectivity index (χ4v) is 1.16. The molecule has 0 radical (unpaired) electrons. The molecule has 1 rings (SSSR count). The highest BCUT2D eigenvalue weighted by Gasteiger charge is 2.11. The number of nitrogens with two attached hydrogens (primary N) is 2. The standard InChI is InChI=1S/C7H14N2/c8-7(9)6-4-2-1-3-5-6/h2,4,6-7H,1,3,5,8-9H2. The number of rotatable bonds is 1. The third kappa shape index (κ3) is 1.80. The minimum atomic E-state index is -0.151. The molecule has 52 valence electrons. The first kappa shape index (κ1) is 6.78. The van der Waals surface area contributed by atoms with Gasteiger partial charge in [-0.1, -0.05) is 12.2 Å². The molecule has 0 aromatic rings. The molecule has 0 bridgehead atoms. The molecule has 0 fully saturated rings. The first-order chi connectivity index (χ1) is 4.30. The molecule has 0 saturated carbocycles. The highest BCUT2D eigenvalue weighted by molar-refractivity contribution is 4.95. The van der Waals surface area contributed by atoms with Crippen LogP contribution in [0.3, 0.4) is 0 Å². The molecular formula is C7H14N2. The lowest BCUT2D eigenvalue weighted by molar-refractivity contribution is 0.453. The van der Waals surface area contributed by atoms with Crippen molar-refractivity contribution >= 4 is 0 Å². The SMILES string of the molecule is NC(N)C1C=CCCC1. The van der Waals surface area contributed by atoms with Crippen molar-refractivity contribution in [2.45, 2.75) is 25.4 Å². The molecule has 1 aliphatic carbocycles. The Hall–Kier alpha value is -0.340. The van der Waals surface area contributed by atoms with Gasteiger partial charge in [-0.2, -0.15) is 0 Å². The topological polar surface area (TPSA) is 52.0 Å². The second-order valence-corrected chi connectivity index (χ2v) is 2.60. The summed E-state index contributed by atoms with van der Waals surface area (Å²) in [6.45, 7) is 0. The van der Waals surface area contributed by atoms with Crippen LogP contribution in [0.15, 0.2) is 12.2 Å². The average molecular weight is 126 g/mol. The van der Waals surface area contributed by atoms with Gasteiger partial charge in [-0.3, -0.25) is 0 Å². The molecular weight excluding hydrogens is 112 g/mol. The van der Waals surface area contributed by atoms with Crippen molar-refractivity contribution in [1.82, 2.24) is 0 Å². The number of allylic oxidation sites excluding steroid dienone is 1. The molecule has 0 aromatic heterocycles. The second-order valence-electron chi connectivity index (χ2n) is 2.60. The zero-order chi connectivity index (χ0) is 6.69. The number of hydrogen-bond acceptors (Lipinski definition) is 2. The van der Waals surface area contributed by atoms with Crippen LogP contribution in [-0.4, -0.2) is 6.17 Å². The van der Waals surface area contributed by atoms with Gasteiger partial charge in [-0.25, -0.2) is 0 Å². The summed E-state index contributed by atoms with van der Waals surface area (Å²) < 4.78 is 0. The lowest BCUT2D eigenvalue weighted by atomic mass is 9.94. The van der Waals surface area contributed by atoms with E-state index in [2.05, 4.69) is 12.2 Å². The summed E-state index contributed by atoms with van der Waals surface area (Å²) in [5.41, 5.74) is 11.0. The normalized spacial score (nSPS) is 27.2. The van der Waals surface area contributed by atoms with Gasteiger partial charge in [0.2, 0.25) is 0 Å². The quantitative estimate of drug-likeness (QED) is 0.399. The lowest BCUT2D eigenvalue weighted by Gasteiger charge is -2.19. The molecule has 4 N–H and O–H groups in total. The van der Waals surface area contributed by atoms with Crippen LogP contribution < -0.4 is 11.5 Å². The predicted molar refractivity (Wildman–Crippen MR) is 38.6 cm³/mol. The molecule has 0 aromatic carbocycles. The zero-order valence-electron chi connectivity index (χ0n) is 5.59. The van der Waals surface area contributed by atoms with Crippen molar-refractivity contribution in [3.63, 3.8) is 0 Å². The monoisotopic (exact) mass is 126 g/mol. The molecule has 1 atom stereocenters. The first-order valence-corrected chi connectivity index (χ1v) is 3.48. The molecule has 0 amide bonds. The van der Waals surface area contributed by atoms with Crippen molar-refractivity contribution in [3.05, 3.63) is 12.2 Å². The van der Waals surface area contributed by atoms with Gasteiger partial charge in [0.05, 0.1) is 6.17 Å². The van der Waals surface area contributed by atoms with E-state index in [0.717, 1.165) is 6.42 Å². The first-order valence-electron chi connectivity index (χ1n) is 3.48. The van der Waals surface area contributed by atoms with Crippen LogP contribution in [0.1, 0.15) is 19.3 Å². The Balaban J connectivity index is 2.40. The van der Waals surface area contributed by atoms with Gasteiger partial charge in [-0.15, -0.1) is 0 Å². The van der Waals surface area contributed by atoms with E-state index in [4.69, 9.17) is 11.5 Å². The minimum absolute atomic E-state index is 0.151. The van der Waals surface area contributed by atoms with Gasteiger partial charge >= 0.3 is 0 Å². The van der Waals surface area contributed by atoms with Crippen LogP contribution in [0.25, 0.3) is 0 Å². The molecule has 9 heavy (non-hydrogen) atoms. The third-order valence-corrected chi connectivity index (χ3v) is 1.79. The van der Waals surface area contributed by atoms with Gasteiger partial charge in [-0.05, 0) is 19.3 Å². The lowest BCUT2D eigenvalue weighted by Crippen LogP contribution is -2.38. The van der Waals surface area contributed by atoms with Crippen molar-refractivity contribution in [2.75, 3.05) is 0 Å². The maximum atomic E-state index is 5.49. The predicted octanol–water partition coefficient (Wildman–Crippen LogP) is 0.586. The van der Waals surface area contributed by atoms with Gasteiger partial charge in [0, 0.05) is 5.92 Å². The Labute approximate surface area is 55.9 Å². The third-order valence-electron chi connectivity index (χ3n) is 1.79. The van der Waals surface area contributed by atoms with Crippen LogP contribution in [0, 0.1) is 5.92 Å². The molecule has 1 unspecified atom stereocenters. The van der Waals surface area contributed by atoms with Crippen molar-refractivity contribution < 1.29 is 0 Å². The molecule has 2 heteroatoms. The summed E-state index contributed by atoms with van der Waals surface area (Å²) in [4.78, 5) is 0. The van der Waals surface area contributed by atoms with Crippen LogP contribution in [0.4, 0.5) is 0 Å². The molecule has 2 nitrogen and oxygen atoms in total. The van der Waals surface area contributed by atoms with Crippen molar-refractivity contribution in [3.8, 4) is 0 Å². The summed E-state index contributed by atoms with van der Waals surface area (Å²) >= 11 is 0. The molecule has 0 saturated heterocycles. The summed E-state index contributed by atoms with van der Waals surface area (Å²) in [7, 11) is 0. The van der Waals surface area contributed by atoms with Gasteiger partial charge in [0.15, 0.2) is 0 Å². The summed E-state index contributed by atoms with van der Waals surface area (Å²) in [6.07, 6.45) is 7.75. The second kappa shape index (κ2) is 2.99. The summed E-state index contributed by atoms with van der Waals surface area (Å²) in [5, 5.41) is 0. The van der Waals surface area contributed by atoms with E-state index in [1.807, 2.05) is 0 Å². The van der Waals surface area contributed by atoms with Gasteiger partial charge < -0.3 is 11.5 Å². The Kier molecular flexibility index (Phi) is 2.25. The molecule has 0 aliphatic heterocycles. The molecule has 1 aliphatic rings. The largest absolute Gasteiger partial charge is 0.316 e. The number of hydrogen-bond donors (Lipinski definition) is 2. The Morgan fingerprint density at radius 1 is 1.44 bits per heavy atom. The Morgan fingerprint density at radius 2 is 2.22 bits per heavy atom. The van der Waals surface area contributed by atoms with E-state index in [1.54, 1.807) is 0 Å². The summed E-state index contributed by atoms with van der Waals surface area (Å²) in [6, 6.07) is 0. The van der Waals surface area contributed by atoms with Crippen molar-refractivity contribution in [1.29, 1.82) is 0 Å². The molecule has 0 spiro atoms. The average Bonchev–Trinajstić information content (AvgIpc) is 1.90. The van der Waals surface area contributed by atoms with E-state index in [9.17, 15) is 0 Å². The van der Waals surface area contributed by atoms with E-state index in [0.29, 0.717) is 5.92 Å². The Morgan fingerprint density at radius 3 is 2.56 bits per heavy atom. The smallest absolute Gasteiger partial charge is 0.0585 e. The van der Waals surface area contributed by atoms with E-state index >= 15 is 0 Å². The van der Waals surface area contributed by atoms with Crippen LogP contribution in [-0.2, 0) is 0 Å². The fourth-order valence-electron chi connectivity index (χ4n) is 1.16. The van der Waals surface area contributed by atoms with Crippen molar-refractivity contribution in [2.24, 2.45) is 17.4 Å². The highest BCUT2D eigenvalue weighted by Crippen LogP contribution is 2.16. The van der Waals surface area contributed by atoms with E-state index < -0.39 is 0 Å². The van der Waals surface area contributed by atoms with Crippen LogP contribution in [0.2, 0.25) is 0 Å². The zero-order valence-corrected chi connectivity index (χ0v) is 5.59. The van der Waals surface area contributed by atoms with Gasteiger partial charge in [0.1, 0.15) is 0 Å².